The maximum Gasteiger partial charge on any atom is 0.259 e. The van der Waals surface area contributed by atoms with Crippen molar-refractivity contribution in [3.8, 4) is 11.5 Å². The van der Waals surface area contributed by atoms with Gasteiger partial charge < -0.3 is 20.9 Å². The van der Waals surface area contributed by atoms with Crippen molar-refractivity contribution in [2.75, 3.05) is 12.4 Å². The largest absolute Gasteiger partial charge is 0.507 e. The van der Waals surface area contributed by atoms with Crippen molar-refractivity contribution < 1.29 is 14.6 Å². The predicted octanol–water partition coefficient (Wildman–Crippen LogP) is 2.11. The first-order valence-corrected chi connectivity index (χ1v) is 6.11. The first-order valence-electron chi connectivity index (χ1n) is 6.11. The lowest BCUT2D eigenvalue weighted by Crippen LogP contribution is -2.12. The van der Waals surface area contributed by atoms with Crippen LogP contribution in [-0.4, -0.2) is 18.1 Å². The Morgan fingerprint density at radius 3 is 2.80 bits per heavy atom. The summed E-state index contributed by atoms with van der Waals surface area (Å²) < 4.78 is 5.04. The molecule has 2 aromatic rings. The van der Waals surface area contributed by atoms with Gasteiger partial charge in [0.2, 0.25) is 0 Å². The van der Waals surface area contributed by atoms with Crippen molar-refractivity contribution in [3.63, 3.8) is 0 Å². The van der Waals surface area contributed by atoms with Gasteiger partial charge in [-0.05, 0) is 35.9 Å². The number of hydrogen-bond donors (Lipinski definition) is 3. The van der Waals surface area contributed by atoms with E-state index in [9.17, 15) is 9.90 Å². The lowest BCUT2D eigenvalue weighted by atomic mass is 10.1. The average Bonchev–Trinajstić information content (AvgIpc) is 2.47. The number of carbonyl (C=O) groups is 1. The molecule has 4 N–H and O–H groups in total. The average molecular weight is 272 g/mol. The Bertz CT molecular complexity index is 626. The maximum atomic E-state index is 12.1. The number of ether oxygens (including phenoxy) is 1. The fraction of sp³-hybridized carbons (Fsp3) is 0.133. The van der Waals surface area contributed by atoms with E-state index in [2.05, 4.69) is 5.32 Å². The van der Waals surface area contributed by atoms with Crippen molar-refractivity contribution in [3.05, 3.63) is 53.6 Å². The highest BCUT2D eigenvalue weighted by Crippen LogP contribution is 2.24. The Labute approximate surface area is 117 Å². The van der Waals surface area contributed by atoms with Crippen LogP contribution in [0.4, 0.5) is 5.69 Å². The molecule has 0 aromatic heterocycles. The Hall–Kier alpha value is -2.53. The van der Waals surface area contributed by atoms with Gasteiger partial charge >= 0.3 is 0 Å². The minimum atomic E-state index is -0.407. The zero-order valence-corrected chi connectivity index (χ0v) is 11.1. The van der Waals surface area contributed by atoms with Gasteiger partial charge in [-0.1, -0.05) is 12.1 Å². The summed E-state index contributed by atoms with van der Waals surface area (Å²) >= 11 is 0. The van der Waals surface area contributed by atoms with E-state index in [1.807, 2.05) is 12.1 Å². The van der Waals surface area contributed by atoms with Crippen LogP contribution < -0.4 is 15.8 Å². The summed E-state index contributed by atoms with van der Waals surface area (Å²) in [7, 11) is 1.50. The minimum Gasteiger partial charge on any atom is -0.507 e. The number of nitrogens with two attached hydrogens (primary N) is 1. The molecular weight excluding hydrogens is 256 g/mol. The van der Waals surface area contributed by atoms with Crippen LogP contribution in [0.25, 0.3) is 0 Å². The molecule has 2 rings (SSSR count). The number of phenols is 1. The van der Waals surface area contributed by atoms with Crippen LogP contribution in [0.5, 0.6) is 11.5 Å². The first-order chi connectivity index (χ1) is 9.63. The van der Waals surface area contributed by atoms with Crippen LogP contribution >= 0.6 is 0 Å². The summed E-state index contributed by atoms with van der Waals surface area (Å²) in [5, 5.41) is 12.5. The van der Waals surface area contributed by atoms with Gasteiger partial charge in [0.1, 0.15) is 11.5 Å². The van der Waals surface area contributed by atoms with Gasteiger partial charge in [0.05, 0.1) is 12.7 Å². The molecule has 0 saturated heterocycles. The summed E-state index contributed by atoms with van der Waals surface area (Å²) in [4.78, 5) is 12.1. The summed E-state index contributed by atoms with van der Waals surface area (Å²) in [6, 6.07) is 11.7. The molecule has 2 aromatic carbocycles. The number of anilines is 1. The third-order valence-electron chi connectivity index (χ3n) is 2.87. The molecule has 0 aliphatic carbocycles. The van der Waals surface area contributed by atoms with Crippen LogP contribution in [0.15, 0.2) is 42.5 Å². The van der Waals surface area contributed by atoms with Gasteiger partial charge in [-0.15, -0.1) is 0 Å². The van der Waals surface area contributed by atoms with Gasteiger partial charge in [-0.2, -0.15) is 0 Å². The minimum absolute atomic E-state index is 0.0988. The van der Waals surface area contributed by atoms with E-state index >= 15 is 0 Å². The zero-order valence-electron chi connectivity index (χ0n) is 11.1. The number of rotatable bonds is 4. The number of phenolic OH excluding ortho intramolecular Hbond substituents is 1. The lowest BCUT2D eigenvalue weighted by Gasteiger charge is -2.09. The normalized spacial score (nSPS) is 10.1. The monoisotopic (exact) mass is 272 g/mol. The van der Waals surface area contributed by atoms with Crippen molar-refractivity contribution in [1.29, 1.82) is 0 Å². The molecule has 0 aliphatic rings. The highest BCUT2D eigenvalue weighted by molar-refractivity contribution is 6.06. The molecule has 0 bridgehead atoms. The van der Waals surface area contributed by atoms with E-state index in [0.29, 0.717) is 18.0 Å². The van der Waals surface area contributed by atoms with Crippen LogP contribution in [0.3, 0.4) is 0 Å². The Balaban J connectivity index is 2.23. The molecule has 0 aliphatic heterocycles. The third kappa shape index (κ3) is 3.07. The molecule has 0 atom stereocenters. The van der Waals surface area contributed by atoms with Crippen LogP contribution in [0, 0.1) is 0 Å². The highest BCUT2D eigenvalue weighted by atomic mass is 16.5. The van der Waals surface area contributed by atoms with Crippen molar-refractivity contribution in [2.24, 2.45) is 5.73 Å². The fourth-order valence-electron chi connectivity index (χ4n) is 1.80. The molecule has 104 valence electrons. The van der Waals surface area contributed by atoms with E-state index < -0.39 is 5.91 Å². The van der Waals surface area contributed by atoms with Crippen LogP contribution in [0.1, 0.15) is 15.9 Å². The zero-order chi connectivity index (χ0) is 14.5. The molecule has 0 fully saturated rings. The number of carbonyl (C=O) groups excluding carboxylic acids is 1. The molecule has 5 nitrogen and oxygen atoms in total. The Kier molecular flexibility index (Phi) is 4.22. The number of aromatic hydroxyl groups is 1. The molecule has 0 unspecified atom stereocenters. The molecule has 0 heterocycles. The standard InChI is InChI=1S/C15H16N2O3/c1-20-12-5-6-14(18)13(8-12)15(19)17-11-4-2-3-10(7-11)9-16/h2-8,18H,9,16H2,1H3,(H,17,19). The topological polar surface area (TPSA) is 84.6 Å². The van der Waals surface area contributed by atoms with Gasteiger partial charge in [-0.25, -0.2) is 0 Å². The van der Waals surface area contributed by atoms with Gasteiger partial charge in [0.15, 0.2) is 0 Å². The summed E-state index contributed by atoms with van der Waals surface area (Å²) in [5.41, 5.74) is 7.25. The second-order valence-corrected chi connectivity index (χ2v) is 4.24. The molecule has 0 saturated carbocycles. The second-order valence-electron chi connectivity index (χ2n) is 4.24. The van der Waals surface area contributed by atoms with Crippen LogP contribution in [-0.2, 0) is 6.54 Å². The van der Waals surface area contributed by atoms with Crippen molar-refractivity contribution >= 4 is 11.6 Å². The molecule has 0 radical (unpaired) electrons. The third-order valence-corrected chi connectivity index (χ3v) is 2.87. The number of nitrogens with one attached hydrogen (secondary N) is 1. The van der Waals surface area contributed by atoms with Gasteiger partial charge in [-0.3, -0.25) is 4.79 Å². The number of hydrogen-bond acceptors (Lipinski definition) is 4. The molecule has 5 heteroatoms. The molecular formula is C15H16N2O3. The van der Waals surface area contributed by atoms with E-state index in [4.69, 9.17) is 10.5 Å². The van der Waals surface area contributed by atoms with Gasteiger partial charge in [0.25, 0.3) is 5.91 Å². The van der Waals surface area contributed by atoms with Crippen LogP contribution in [0.2, 0.25) is 0 Å². The van der Waals surface area contributed by atoms with Crippen molar-refractivity contribution in [1.82, 2.24) is 0 Å². The van der Waals surface area contributed by atoms with Gasteiger partial charge in [0, 0.05) is 12.2 Å². The number of benzene rings is 2. The van der Waals surface area contributed by atoms with E-state index in [0.717, 1.165) is 5.56 Å². The summed E-state index contributed by atoms with van der Waals surface area (Å²) in [6.45, 7) is 0.397. The highest BCUT2D eigenvalue weighted by Gasteiger charge is 2.12. The maximum absolute atomic E-state index is 12.1. The number of methoxy groups -OCH3 is 1. The lowest BCUT2D eigenvalue weighted by molar-refractivity contribution is 0.102. The summed E-state index contributed by atoms with van der Waals surface area (Å²) in [5.74, 6) is -0.00231. The predicted molar refractivity (Wildman–Crippen MR) is 76.9 cm³/mol. The fourth-order valence-corrected chi connectivity index (χ4v) is 1.80. The SMILES string of the molecule is COc1ccc(O)c(C(=O)Nc2cccc(CN)c2)c1. The van der Waals surface area contributed by atoms with E-state index in [1.54, 1.807) is 18.2 Å². The summed E-state index contributed by atoms with van der Waals surface area (Å²) in [6.07, 6.45) is 0. The number of amides is 1. The van der Waals surface area contributed by atoms with E-state index in [-0.39, 0.29) is 11.3 Å². The quantitative estimate of drug-likeness (QED) is 0.795. The smallest absolute Gasteiger partial charge is 0.259 e. The Morgan fingerprint density at radius 2 is 2.10 bits per heavy atom. The molecule has 20 heavy (non-hydrogen) atoms. The van der Waals surface area contributed by atoms with Crippen molar-refractivity contribution in [2.45, 2.75) is 6.54 Å². The first kappa shape index (κ1) is 13.9. The van der Waals surface area contributed by atoms with E-state index in [1.165, 1.54) is 19.2 Å². The Morgan fingerprint density at radius 1 is 1.30 bits per heavy atom. The molecule has 1 amide bonds. The molecule has 0 spiro atoms. The second kappa shape index (κ2) is 6.08.